The second kappa shape index (κ2) is 7.54. The van der Waals surface area contributed by atoms with E-state index < -0.39 is 0 Å². The number of methoxy groups -OCH3 is 2. The molecule has 0 radical (unpaired) electrons. The van der Waals surface area contributed by atoms with Crippen molar-refractivity contribution in [2.75, 3.05) is 14.2 Å². The maximum absolute atomic E-state index is 11.3. The molecule has 0 aliphatic carbocycles. The lowest BCUT2D eigenvalue weighted by Gasteiger charge is -2.13. The molecule has 0 aromatic heterocycles. The molecule has 0 bridgehead atoms. The van der Waals surface area contributed by atoms with E-state index in [1.54, 1.807) is 13.4 Å². The SMILES string of the molecule is CC[C@H](C/C=C/OC)c1ccc(C(=O)OC)cc1. The summed E-state index contributed by atoms with van der Waals surface area (Å²) < 4.78 is 9.57. The molecule has 0 heterocycles. The van der Waals surface area contributed by atoms with Crippen LogP contribution in [0.25, 0.3) is 0 Å². The Kier molecular flexibility index (Phi) is 5.98. The predicted molar refractivity (Wildman–Crippen MR) is 71.6 cm³/mol. The Morgan fingerprint density at radius 2 is 1.94 bits per heavy atom. The van der Waals surface area contributed by atoms with Crippen LogP contribution in [0.4, 0.5) is 0 Å². The molecule has 0 fully saturated rings. The topological polar surface area (TPSA) is 35.5 Å². The van der Waals surface area contributed by atoms with Crippen molar-refractivity contribution in [3.05, 3.63) is 47.7 Å². The second-order valence-electron chi connectivity index (χ2n) is 4.06. The van der Waals surface area contributed by atoms with E-state index in [4.69, 9.17) is 4.74 Å². The quantitative estimate of drug-likeness (QED) is 0.571. The first-order chi connectivity index (χ1) is 8.72. The average molecular weight is 248 g/mol. The van der Waals surface area contributed by atoms with Gasteiger partial charge in [-0.05, 0) is 42.5 Å². The maximum atomic E-state index is 11.3. The molecule has 3 nitrogen and oxygen atoms in total. The van der Waals surface area contributed by atoms with E-state index in [0.717, 1.165) is 12.8 Å². The minimum Gasteiger partial charge on any atom is -0.505 e. The number of ether oxygens (including phenoxy) is 2. The third-order valence-corrected chi connectivity index (χ3v) is 2.95. The van der Waals surface area contributed by atoms with Crippen molar-refractivity contribution < 1.29 is 14.3 Å². The smallest absolute Gasteiger partial charge is 0.337 e. The number of rotatable bonds is 6. The van der Waals surface area contributed by atoms with Crippen LogP contribution in [0.5, 0.6) is 0 Å². The molecule has 3 heteroatoms. The lowest BCUT2D eigenvalue weighted by Crippen LogP contribution is -2.02. The van der Waals surface area contributed by atoms with Crippen LogP contribution >= 0.6 is 0 Å². The van der Waals surface area contributed by atoms with E-state index in [0.29, 0.717) is 11.5 Å². The monoisotopic (exact) mass is 248 g/mol. The molecule has 0 unspecified atom stereocenters. The molecule has 0 saturated carbocycles. The van der Waals surface area contributed by atoms with Crippen molar-refractivity contribution in [3.8, 4) is 0 Å². The van der Waals surface area contributed by atoms with Crippen molar-refractivity contribution in [2.45, 2.75) is 25.7 Å². The zero-order valence-corrected chi connectivity index (χ0v) is 11.2. The minimum absolute atomic E-state index is 0.297. The first-order valence-corrected chi connectivity index (χ1v) is 6.09. The number of hydrogen-bond acceptors (Lipinski definition) is 3. The Labute approximate surface area is 108 Å². The highest BCUT2D eigenvalue weighted by Crippen LogP contribution is 2.24. The third kappa shape index (κ3) is 3.91. The van der Waals surface area contributed by atoms with Crippen molar-refractivity contribution in [3.63, 3.8) is 0 Å². The van der Waals surface area contributed by atoms with E-state index >= 15 is 0 Å². The van der Waals surface area contributed by atoms with E-state index in [9.17, 15) is 4.79 Å². The summed E-state index contributed by atoms with van der Waals surface area (Å²) in [6, 6.07) is 7.59. The Morgan fingerprint density at radius 1 is 1.28 bits per heavy atom. The Morgan fingerprint density at radius 3 is 2.44 bits per heavy atom. The zero-order valence-electron chi connectivity index (χ0n) is 11.2. The highest BCUT2D eigenvalue weighted by atomic mass is 16.5. The van der Waals surface area contributed by atoms with E-state index in [1.807, 2.05) is 30.3 Å². The Bertz CT molecular complexity index is 393. The lowest BCUT2D eigenvalue weighted by molar-refractivity contribution is 0.0600. The molecule has 0 aliphatic heterocycles. The molecule has 0 spiro atoms. The van der Waals surface area contributed by atoms with Gasteiger partial charge in [0.25, 0.3) is 0 Å². The van der Waals surface area contributed by atoms with Crippen molar-refractivity contribution in [2.24, 2.45) is 0 Å². The molecule has 1 atom stereocenters. The van der Waals surface area contributed by atoms with Crippen LogP contribution in [-0.2, 0) is 9.47 Å². The fraction of sp³-hybridized carbons (Fsp3) is 0.400. The van der Waals surface area contributed by atoms with Gasteiger partial charge in [0.05, 0.1) is 26.0 Å². The van der Waals surface area contributed by atoms with Crippen LogP contribution in [0.15, 0.2) is 36.6 Å². The van der Waals surface area contributed by atoms with Crippen LogP contribution in [0, 0.1) is 0 Å². The summed E-state index contributed by atoms with van der Waals surface area (Å²) >= 11 is 0. The van der Waals surface area contributed by atoms with E-state index in [-0.39, 0.29) is 5.97 Å². The number of esters is 1. The van der Waals surface area contributed by atoms with Gasteiger partial charge >= 0.3 is 5.97 Å². The van der Waals surface area contributed by atoms with Crippen molar-refractivity contribution in [1.29, 1.82) is 0 Å². The summed E-state index contributed by atoms with van der Waals surface area (Å²) in [4.78, 5) is 11.3. The zero-order chi connectivity index (χ0) is 13.4. The van der Waals surface area contributed by atoms with E-state index in [1.165, 1.54) is 12.7 Å². The van der Waals surface area contributed by atoms with Crippen LogP contribution < -0.4 is 0 Å². The Balaban J connectivity index is 2.75. The summed E-state index contributed by atoms with van der Waals surface area (Å²) in [6.45, 7) is 2.15. The fourth-order valence-corrected chi connectivity index (χ4v) is 1.86. The van der Waals surface area contributed by atoms with Gasteiger partial charge in [0.1, 0.15) is 0 Å². The molecular weight excluding hydrogens is 228 g/mol. The maximum Gasteiger partial charge on any atom is 0.337 e. The Hall–Kier alpha value is -1.77. The van der Waals surface area contributed by atoms with Gasteiger partial charge in [0.2, 0.25) is 0 Å². The predicted octanol–water partition coefficient (Wildman–Crippen LogP) is 3.52. The molecule has 0 saturated heterocycles. The summed E-state index contributed by atoms with van der Waals surface area (Å²) in [6.07, 6.45) is 5.70. The van der Waals surface area contributed by atoms with Gasteiger partial charge in [-0.1, -0.05) is 19.1 Å². The molecule has 1 rings (SSSR count). The van der Waals surface area contributed by atoms with Gasteiger partial charge in [-0.15, -0.1) is 0 Å². The highest BCUT2D eigenvalue weighted by molar-refractivity contribution is 5.89. The third-order valence-electron chi connectivity index (χ3n) is 2.95. The molecule has 0 N–H and O–H groups in total. The first kappa shape index (κ1) is 14.3. The van der Waals surface area contributed by atoms with Gasteiger partial charge in [0.15, 0.2) is 0 Å². The second-order valence-corrected chi connectivity index (χ2v) is 4.06. The molecule has 18 heavy (non-hydrogen) atoms. The van der Waals surface area contributed by atoms with Gasteiger partial charge < -0.3 is 9.47 Å². The standard InChI is InChI=1S/C15H20O3/c1-4-12(6-5-11-17-2)13-7-9-14(10-8-13)15(16)18-3/h5,7-12H,4,6H2,1-3H3/b11-5+/t12-/m1/s1. The number of carbonyl (C=O) groups is 1. The van der Waals surface area contributed by atoms with Crippen LogP contribution in [-0.4, -0.2) is 20.2 Å². The molecule has 0 aliphatic rings. The minimum atomic E-state index is -0.297. The van der Waals surface area contributed by atoms with Gasteiger partial charge in [-0.3, -0.25) is 0 Å². The molecule has 1 aromatic carbocycles. The lowest BCUT2D eigenvalue weighted by atomic mass is 9.92. The molecule has 98 valence electrons. The molecule has 1 aromatic rings. The normalized spacial score (nSPS) is 12.4. The number of benzene rings is 1. The first-order valence-electron chi connectivity index (χ1n) is 6.09. The van der Waals surface area contributed by atoms with Gasteiger partial charge in [0, 0.05) is 0 Å². The molecule has 0 amide bonds. The molecular formula is C15H20O3. The van der Waals surface area contributed by atoms with Crippen LogP contribution in [0.3, 0.4) is 0 Å². The number of allylic oxidation sites excluding steroid dienone is 1. The summed E-state index contributed by atoms with van der Waals surface area (Å²) in [5.41, 5.74) is 1.81. The van der Waals surface area contributed by atoms with Crippen molar-refractivity contribution in [1.82, 2.24) is 0 Å². The highest BCUT2D eigenvalue weighted by Gasteiger charge is 2.09. The van der Waals surface area contributed by atoms with Gasteiger partial charge in [-0.25, -0.2) is 4.79 Å². The fourth-order valence-electron chi connectivity index (χ4n) is 1.86. The number of carbonyl (C=O) groups excluding carboxylic acids is 1. The summed E-state index contributed by atoms with van der Waals surface area (Å²) in [7, 11) is 3.03. The summed E-state index contributed by atoms with van der Waals surface area (Å²) in [5, 5.41) is 0. The van der Waals surface area contributed by atoms with Gasteiger partial charge in [-0.2, -0.15) is 0 Å². The summed E-state index contributed by atoms with van der Waals surface area (Å²) in [5.74, 6) is 0.150. The average Bonchev–Trinajstić information content (AvgIpc) is 2.43. The number of hydrogen-bond donors (Lipinski definition) is 0. The largest absolute Gasteiger partial charge is 0.505 e. The van der Waals surface area contributed by atoms with Crippen LogP contribution in [0.1, 0.15) is 41.6 Å². The van der Waals surface area contributed by atoms with Crippen LogP contribution in [0.2, 0.25) is 0 Å². The van der Waals surface area contributed by atoms with Crippen molar-refractivity contribution >= 4 is 5.97 Å². The van der Waals surface area contributed by atoms with E-state index in [2.05, 4.69) is 11.7 Å².